The molecule has 1 saturated heterocycles. The Kier molecular flexibility index (Phi) is 5.92. The van der Waals surface area contributed by atoms with Crippen LogP contribution in [0.3, 0.4) is 0 Å². The van der Waals surface area contributed by atoms with E-state index in [0.29, 0.717) is 17.3 Å². The van der Waals surface area contributed by atoms with Crippen LogP contribution in [0.15, 0.2) is 24.3 Å². The van der Waals surface area contributed by atoms with Gasteiger partial charge in [0, 0.05) is 7.05 Å². The number of likely N-dealkylation sites (N-methyl/N-ethyl adjacent to an activating group) is 1. The van der Waals surface area contributed by atoms with Crippen LogP contribution in [0.4, 0.5) is 5.13 Å². The SMILES string of the molecule is CSCC[C@H](C(=O)N(C)c1nc2ccccc2s1)N1C(=O)[C@H]2CCCC[C@@H]2C1=O. The third kappa shape index (κ3) is 3.68. The first-order valence-electron chi connectivity index (χ1n) is 10.0. The summed E-state index contributed by atoms with van der Waals surface area (Å²) < 4.78 is 1.00. The van der Waals surface area contributed by atoms with E-state index in [1.165, 1.54) is 21.1 Å². The fourth-order valence-electron chi connectivity index (χ4n) is 4.41. The molecule has 154 valence electrons. The molecule has 1 aliphatic carbocycles. The van der Waals surface area contributed by atoms with Crippen LogP contribution in [0.25, 0.3) is 10.2 Å². The van der Waals surface area contributed by atoms with Crippen molar-refractivity contribution < 1.29 is 14.4 Å². The molecule has 3 amide bonds. The number of anilines is 1. The molecule has 0 spiro atoms. The molecule has 6 nitrogen and oxygen atoms in total. The first-order chi connectivity index (χ1) is 14.0. The smallest absolute Gasteiger partial charge is 0.251 e. The largest absolute Gasteiger partial charge is 0.289 e. The predicted molar refractivity (Wildman–Crippen MR) is 117 cm³/mol. The number of rotatable bonds is 6. The Bertz CT molecular complexity index is 887. The molecular weight excluding hydrogens is 406 g/mol. The summed E-state index contributed by atoms with van der Waals surface area (Å²) in [6, 6.07) is 6.98. The van der Waals surface area contributed by atoms with Crippen molar-refractivity contribution in [2.75, 3.05) is 24.0 Å². The van der Waals surface area contributed by atoms with Crippen molar-refractivity contribution in [3.05, 3.63) is 24.3 Å². The van der Waals surface area contributed by atoms with Gasteiger partial charge in [-0.25, -0.2) is 4.98 Å². The van der Waals surface area contributed by atoms with E-state index in [9.17, 15) is 14.4 Å². The van der Waals surface area contributed by atoms with E-state index in [1.54, 1.807) is 18.8 Å². The van der Waals surface area contributed by atoms with E-state index in [2.05, 4.69) is 4.98 Å². The Labute approximate surface area is 178 Å². The maximum Gasteiger partial charge on any atom is 0.251 e. The monoisotopic (exact) mass is 431 g/mol. The maximum absolute atomic E-state index is 13.4. The number of amides is 3. The summed E-state index contributed by atoms with van der Waals surface area (Å²) in [5.74, 6) is -0.328. The molecule has 0 unspecified atom stereocenters. The Balaban J connectivity index is 1.62. The van der Waals surface area contributed by atoms with Crippen LogP contribution in [-0.4, -0.2) is 52.7 Å². The van der Waals surface area contributed by atoms with Crippen LogP contribution >= 0.6 is 23.1 Å². The molecule has 4 rings (SSSR count). The van der Waals surface area contributed by atoms with Crippen LogP contribution < -0.4 is 4.90 Å². The Morgan fingerprint density at radius 2 is 1.90 bits per heavy atom. The highest BCUT2D eigenvalue weighted by Crippen LogP contribution is 2.40. The number of para-hydroxylation sites is 1. The minimum absolute atomic E-state index is 0.156. The van der Waals surface area contributed by atoms with Crippen molar-refractivity contribution in [1.82, 2.24) is 9.88 Å². The molecule has 1 aromatic carbocycles. The van der Waals surface area contributed by atoms with Crippen molar-refractivity contribution in [3.8, 4) is 0 Å². The van der Waals surface area contributed by atoms with E-state index in [-0.39, 0.29) is 29.6 Å². The van der Waals surface area contributed by atoms with Gasteiger partial charge in [0.15, 0.2) is 5.13 Å². The number of aromatic nitrogens is 1. The third-order valence-electron chi connectivity index (χ3n) is 5.97. The predicted octanol–water partition coefficient (Wildman–Crippen LogP) is 3.56. The second kappa shape index (κ2) is 8.44. The molecule has 2 heterocycles. The van der Waals surface area contributed by atoms with E-state index in [4.69, 9.17) is 0 Å². The zero-order valence-electron chi connectivity index (χ0n) is 16.7. The molecule has 1 saturated carbocycles. The van der Waals surface area contributed by atoms with Crippen molar-refractivity contribution in [3.63, 3.8) is 0 Å². The second-order valence-electron chi connectivity index (χ2n) is 7.70. The molecule has 1 aliphatic heterocycles. The van der Waals surface area contributed by atoms with Gasteiger partial charge in [0.05, 0.1) is 22.1 Å². The van der Waals surface area contributed by atoms with Crippen LogP contribution in [0.5, 0.6) is 0 Å². The Morgan fingerprint density at radius 3 is 2.52 bits per heavy atom. The standard InChI is InChI=1S/C21H25N3O3S2/c1-23(21-22-15-9-5-6-10-17(15)29-21)20(27)16(11-12-28-2)24-18(25)13-7-3-4-8-14(13)19(24)26/h5-6,9-10,13-14,16H,3-4,7-8,11-12H2,1-2H3/t13-,14-,16+/m0/s1. The van der Waals surface area contributed by atoms with Crippen LogP contribution in [0, 0.1) is 11.8 Å². The molecule has 2 aromatic rings. The van der Waals surface area contributed by atoms with Crippen molar-refractivity contribution in [1.29, 1.82) is 0 Å². The minimum Gasteiger partial charge on any atom is -0.289 e. The number of imide groups is 1. The Morgan fingerprint density at radius 1 is 1.24 bits per heavy atom. The lowest BCUT2D eigenvalue weighted by atomic mass is 9.81. The van der Waals surface area contributed by atoms with Crippen LogP contribution in [-0.2, 0) is 14.4 Å². The molecular formula is C21H25N3O3S2. The summed E-state index contributed by atoms with van der Waals surface area (Å²) in [4.78, 5) is 47.0. The molecule has 2 fully saturated rings. The van der Waals surface area contributed by atoms with Crippen molar-refractivity contribution >= 4 is 56.2 Å². The minimum atomic E-state index is -0.759. The summed E-state index contributed by atoms with van der Waals surface area (Å²) in [7, 11) is 1.68. The zero-order valence-corrected chi connectivity index (χ0v) is 18.3. The highest BCUT2D eigenvalue weighted by molar-refractivity contribution is 7.98. The maximum atomic E-state index is 13.4. The summed E-state index contributed by atoms with van der Waals surface area (Å²) in [6.07, 6.45) is 5.89. The second-order valence-corrected chi connectivity index (χ2v) is 9.70. The summed E-state index contributed by atoms with van der Waals surface area (Å²) in [5, 5.41) is 0.585. The van der Waals surface area contributed by atoms with Gasteiger partial charge in [-0.05, 0) is 43.4 Å². The molecule has 29 heavy (non-hydrogen) atoms. The van der Waals surface area contributed by atoms with E-state index in [0.717, 1.165) is 35.9 Å². The summed E-state index contributed by atoms with van der Waals surface area (Å²) in [6.45, 7) is 0. The lowest BCUT2D eigenvalue weighted by Gasteiger charge is -2.28. The van der Waals surface area contributed by atoms with Gasteiger partial charge in [-0.15, -0.1) is 0 Å². The number of thiazole rings is 1. The van der Waals surface area contributed by atoms with Gasteiger partial charge >= 0.3 is 0 Å². The lowest BCUT2D eigenvalue weighted by Crippen LogP contribution is -2.51. The number of benzene rings is 1. The molecule has 3 atom stereocenters. The average molecular weight is 432 g/mol. The fourth-order valence-corrected chi connectivity index (χ4v) is 5.80. The first-order valence-corrected chi connectivity index (χ1v) is 12.2. The molecule has 8 heteroatoms. The quantitative estimate of drug-likeness (QED) is 0.654. The number of carbonyl (C=O) groups excluding carboxylic acids is 3. The third-order valence-corrected chi connectivity index (χ3v) is 7.72. The highest BCUT2D eigenvalue weighted by Gasteiger charge is 2.52. The summed E-state index contributed by atoms with van der Waals surface area (Å²) in [5.41, 5.74) is 0.840. The first kappa shape index (κ1) is 20.3. The van der Waals surface area contributed by atoms with Gasteiger partial charge in [0.25, 0.3) is 5.91 Å². The molecule has 2 aliphatic rings. The molecule has 0 N–H and O–H groups in total. The number of likely N-dealkylation sites (tertiary alicyclic amines) is 1. The van der Waals surface area contributed by atoms with E-state index in [1.807, 2.05) is 30.5 Å². The lowest BCUT2D eigenvalue weighted by molar-refractivity contribution is -0.147. The van der Waals surface area contributed by atoms with Gasteiger partial charge in [0.2, 0.25) is 11.8 Å². The molecule has 0 bridgehead atoms. The normalized spacial score (nSPS) is 22.8. The zero-order chi connectivity index (χ0) is 20.5. The number of carbonyl (C=O) groups is 3. The van der Waals surface area contributed by atoms with E-state index >= 15 is 0 Å². The topological polar surface area (TPSA) is 70.6 Å². The van der Waals surface area contributed by atoms with Gasteiger partial charge in [-0.2, -0.15) is 11.8 Å². The van der Waals surface area contributed by atoms with Gasteiger partial charge in [0.1, 0.15) is 6.04 Å². The van der Waals surface area contributed by atoms with Crippen LogP contribution in [0.1, 0.15) is 32.1 Å². The Hall–Kier alpha value is -1.93. The molecule has 1 aromatic heterocycles. The highest BCUT2D eigenvalue weighted by atomic mass is 32.2. The number of hydrogen-bond acceptors (Lipinski definition) is 6. The van der Waals surface area contributed by atoms with Gasteiger partial charge < -0.3 is 0 Å². The summed E-state index contributed by atoms with van der Waals surface area (Å²) >= 11 is 3.05. The number of fused-ring (bicyclic) bond motifs is 2. The van der Waals surface area contributed by atoms with Gasteiger partial charge in [-0.3, -0.25) is 24.2 Å². The fraction of sp³-hybridized carbons (Fsp3) is 0.524. The number of thioether (sulfide) groups is 1. The average Bonchev–Trinajstić information content (AvgIpc) is 3.28. The van der Waals surface area contributed by atoms with E-state index < -0.39 is 6.04 Å². The van der Waals surface area contributed by atoms with Gasteiger partial charge in [-0.1, -0.05) is 36.3 Å². The van der Waals surface area contributed by atoms with Crippen molar-refractivity contribution in [2.24, 2.45) is 11.8 Å². The number of nitrogens with zero attached hydrogens (tertiary/aromatic N) is 3. The van der Waals surface area contributed by atoms with Crippen LogP contribution in [0.2, 0.25) is 0 Å². The molecule has 0 radical (unpaired) electrons. The van der Waals surface area contributed by atoms with Crippen molar-refractivity contribution in [2.45, 2.75) is 38.1 Å². The number of hydrogen-bond donors (Lipinski definition) is 0.